The quantitative estimate of drug-likeness (QED) is 0.164. The van der Waals surface area contributed by atoms with Crippen LogP contribution in [0.2, 0.25) is 0 Å². The Morgan fingerprint density at radius 2 is 1.64 bits per heavy atom. The molecule has 1 aliphatic heterocycles. The Bertz CT molecular complexity index is 571. The van der Waals surface area contributed by atoms with Crippen molar-refractivity contribution >= 4 is 11.9 Å². The zero-order valence-electron chi connectivity index (χ0n) is 15.5. The van der Waals surface area contributed by atoms with Gasteiger partial charge in [-0.25, -0.2) is 9.59 Å². The summed E-state index contributed by atoms with van der Waals surface area (Å²) < 4.78 is 21.8. The molecule has 1 aliphatic carbocycles. The second-order valence-electron chi connectivity index (χ2n) is 7.25. The summed E-state index contributed by atoms with van der Waals surface area (Å²) in [4.78, 5) is 22.3. The van der Waals surface area contributed by atoms with E-state index in [0.717, 1.165) is 0 Å². The highest BCUT2D eigenvalue weighted by Crippen LogP contribution is 2.38. The van der Waals surface area contributed by atoms with E-state index < -0.39 is 42.1 Å². The second-order valence-corrected chi connectivity index (χ2v) is 7.25. The SMILES string of the molecule is CC1(C)O[C@@H]2[C@H](O1)[C@@H](OCCOC(=O)[C@@H](O)[C@@H](O)[C@@H](O)[C@H](O)C(=O)O)C[C@H]2N. The minimum Gasteiger partial charge on any atom is -0.479 e. The van der Waals surface area contributed by atoms with Gasteiger partial charge in [0.2, 0.25) is 0 Å². The molecule has 162 valence electrons. The Balaban J connectivity index is 1.74. The topological polar surface area (TPSA) is 198 Å². The number of esters is 1. The predicted molar refractivity (Wildman–Crippen MR) is 88.8 cm³/mol. The van der Waals surface area contributed by atoms with E-state index in [4.69, 9.17) is 34.9 Å². The van der Waals surface area contributed by atoms with Gasteiger partial charge in [0, 0.05) is 6.04 Å². The van der Waals surface area contributed by atoms with Gasteiger partial charge in [-0.15, -0.1) is 0 Å². The van der Waals surface area contributed by atoms with Gasteiger partial charge in [-0.2, -0.15) is 0 Å². The molecule has 28 heavy (non-hydrogen) atoms. The molecule has 1 saturated carbocycles. The van der Waals surface area contributed by atoms with Gasteiger partial charge in [0.25, 0.3) is 0 Å². The smallest absolute Gasteiger partial charge is 0.337 e. The molecule has 0 spiro atoms. The molecular formula is C16H27NO11. The molecule has 0 aromatic carbocycles. The van der Waals surface area contributed by atoms with Crippen molar-refractivity contribution in [3.8, 4) is 0 Å². The maximum Gasteiger partial charge on any atom is 0.337 e. The highest BCUT2D eigenvalue weighted by molar-refractivity contribution is 5.76. The molecule has 0 amide bonds. The third-order valence-corrected chi connectivity index (χ3v) is 4.61. The summed E-state index contributed by atoms with van der Waals surface area (Å²) >= 11 is 0. The van der Waals surface area contributed by atoms with Crippen molar-refractivity contribution < 1.29 is 54.1 Å². The normalized spacial score (nSPS) is 33.0. The van der Waals surface area contributed by atoms with Crippen LogP contribution >= 0.6 is 0 Å². The van der Waals surface area contributed by atoms with Crippen molar-refractivity contribution in [1.29, 1.82) is 0 Å². The number of carbonyl (C=O) groups excluding carboxylic acids is 1. The molecule has 8 atom stereocenters. The Morgan fingerprint density at radius 1 is 1.07 bits per heavy atom. The first-order valence-corrected chi connectivity index (χ1v) is 8.79. The fourth-order valence-corrected chi connectivity index (χ4v) is 3.22. The van der Waals surface area contributed by atoms with Gasteiger partial charge in [0.1, 0.15) is 31.0 Å². The van der Waals surface area contributed by atoms with Crippen molar-refractivity contribution in [2.75, 3.05) is 13.2 Å². The minimum absolute atomic E-state index is 0.0563. The Labute approximate surface area is 160 Å². The first kappa shape index (κ1) is 22.9. The first-order valence-electron chi connectivity index (χ1n) is 8.79. The number of carboxylic acid groups (broad SMARTS) is 1. The van der Waals surface area contributed by atoms with Gasteiger partial charge in [-0.05, 0) is 20.3 Å². The molecule has 0 bridgehead atoms. The van der Waals surface area contributed by atoms with E-state index in [9.17, 15) is 24.9 Å². The molecule has 12 heteroatoms. The number of aliphatic carboxylic acids is 1. The number of fused-ring (bicyclic) bond motifs is 1. The van der Waals surface area contributed by atoms with Crippen LogP contribution < -0.4 is 5.73 Å². The molecule has 0 aromatic rings. The van der Waals surface area contributed by atoms with E-state index in [0.29, 0.717) is 6.42 Å². The van der Waals surface area contributed by atoms with Gasteiger partial charge < -0.3 is 50.2 Å². The Hall–Kier alpha value is -1.38. The van der Waals surface area contributed by atoms with Gasteiger partial charge in [-0.1, -0.05) is 0 Å². The van der Waals surface area contributed by atoms with Gasteiger partial charge in [0.15, 0.2) is 18.0 Å². The van der Waals surface area contributed by atoms with E-state index in [1.807, 2.05) is 0 Å². The molecule has 2 aliphatic rings. The van der Waals surface area contributed by atoms with Crippen LogP contribution in [-0.4, -0.2) is 105 Å². The largest absolute Gasteiger partial charge is 0.479 e. The van der Waals surface area contributed by atoms with E-state index in [1.54, 1.807) is 13.8 Å². The number of carbonyl (C=O) groups is 2. The lowest BCUT2D eigenvalue weighted by atomic mass is 10.0. The van der Waals surface area contributed by atoms with Gasteiger partial charge in [0.05, 0.1) is 12.7 Å². The molecule has 12 nitrogen and oxygen atoms in total. The van der Waals surface area contributed by atoms with Crippen molar-refractivity contribution in [1.82, 2.24) is 0 Å². The predicted octanol–water partition coefficient (Wildman–Crippen LogP) is -3.31. The average Bonchev–Trinajstić information content (AvgIpc) is 3.09. The highest BCUT2D eigenvalue weighted by atomic mass is 16.8. The van der Waals surface area contributed by atoms with Crippen molar-refractivity contribution in [2.45, 2.75) is 74.8 Å². The number of hydrogen-bond acceptors (Lipinski definition) is 11. The lowest BCUT2D eigenvalue weighted by Crippen LogP contribution is -2.50. The van der Waals surface area contributed by atoms with Gasteiger partial charge >= 0.3 is 11.9 Å². The number of hydrogen-bond donors (Lipinski definition) is 6. The highest BCUT2D eigenvalue weighted by Gasteiger charge is 2.53. The maximum atomic E-state index is 11.7. The molecule has 0 unspecified atom stereocenters. The molecule has 7 N–H and O–H groups in total. The number of aliphatic hydroxyl groups excluding tert-OH is 4. The Kier molecular flexibility index (Phi) is 7.33. The van der Waals surface area contributed by atoms with Crippen LogP contribution in [0.1, 0.15) is 20.3 Å². The van der Waals surface area contributed by atoms with Crippen molar-refractivity contribution in [3.63, 3.8) is 0 Å². The minimum atomic E-state index is -2.38. The van der Waals surface area contributed by atoms with Crippen molar-refractivity contribution in [2.24, 2.45) is 5.73 Å². The summed E-state index contributed by atoms with van der Waals surface area (Å²) in [5.41, 5.74) is 6.01. The lowest BCUT2D eigenvalue weighted by molar-refractivity contribution is -0.179. The fraction of sp³-hybridized carbons (Fsp3) is 0.875. The molecule has 0 aromatic heterocycles. The molecular weight excluding hydrogens is 382 g/mol. The molecule has 1 saturated heterocycles. The monoisotopic (exact) mass is 409 g/mol. The van der Waals surface area contributed by atoms with Crippen LogP contribution in [0, 0.1) is 0 Å². The number of nitrogens with two attached hydrogens (primary N) is 1. The second kappa shape index (κ2) is 8.97. The summed E-state index contributed by atoms with van der Waals surface area (Å²) in [6, 6.07) is -0.265. The van der Waals surface area contributed by atoms with Crippen LogP contribution in [0.4, 0.5) is 0 Å². The summed E-state index contributed by atoms with van der Waals surface area (Å²) in [5, 5.41) is 46.3. The molecule has 1 heterocycles. The van der Waals surface area contributed by atoms with Crippen LogP contribution in [-0.2, 0) is 28.5 Å². The van der Waals surface area contributed by atoms with Crippen LogP contribution in [0.5, 0.6) is 0 Å². The van der Waals surface area contributed by atoms with Gasteiger partial charge in [-0.3, -0.25) is 0 Å². The van der Waals surface area contributed by atoms with Crippen molar-refractivity contribution in [3.05, 3.63) is 0 Å². The maximum absolute atomic E-state index is 11.7. The fourth-order valence-electron chi connectivity index (χ4n) is 3.22. The summed E-state index contributed by atoms with van der Waals surface area (Å²) in [6.07, 6.45) is -9.71. The Morgan fingerprint density at radius 3 is 2.25 bits per heavy atom. The zero-order chi connectivity index (χ0) is 21.2. The number of aliphatic hydroxyl groups is 4. The summed E-state index contributed by atoms with van der Waals surface area (Å²) in [5.74, 6) is -3.91. The summed E-state index contributed by atoms with van der Waals surface area (Å²) in [7, 11) is 0. The van der Waals surface area contributed by atoms with Crippen LogP contribution in [0.15, 0.2) is 0 Å². The van der Waals surface area contributed by atoms with E-state index in [2.05, 4.69) is 0 Å². The molecule has 2 rings (SSSR count). The van der Waals surface area contributed by atoms with Crippen LogP contribution in [0.3, 0.4) is 0 Å². The third-order valence-electron chi connectivity index (χ3n) is 4.61. The van der Waals surface area contributed by atoms with E-state index in [-0.39, 0.29) is 37.6 Å². The zero-order valence-corrected chi connectivity index (χ0v) is 15.5. The third kappa shape index (κ3) is 5.15. The van der Waals surface area contributed by atoms with E-state index in [1.165, 1.54) is 0 Å². The first-order chi connectivity index (χ1) is 12.9. The van der Waals surface area contributed by atoms with E-state index >= 15 is 0 Å². The lowest BCUT2D eigenvalue weighted by Gasteiger charge is -2.24. The number of ether oxygens (including phenoxy) is 4. The molecule has 0 radical (unpaired) electrons. The van der Waals surface area contributed by atoms with Crippen LogP contribution in [0.25, 0.3) is 0 Å². The average molecular weight is 409 g/mol. The number of carboxylic acids is 1. The molecule has 2 fully saturated rings. The summed E-state index contributed by atoms with van der Waals surface area (Å²) in [6.45, 7) is 3.19. The standard InChI is InChI=1S/C16H27NO11/c1-16(2)27-12-6(17)5-7(13(12)28-16)25-3-4-26-15(24)11(21)9(19)8(18)10(20)14(22)23/h6-13,18-21H,3-5,17H2,1-2H3,(H,22,23)/t6-,7+,8-,9+,10+,11+,12+,13-/m1/s1. The number of rotatable bonds is 9.